The van der Waals surface area contributed by atoms with Crippen LogP contribution in [0.15, 0.2) is 41.9 Å². The van der Waals surface area contributed by atoms with Gasteiger partial charge in [-0.3, -0.25) is 4.90 Å². The van der Waals surface area contributed by atoms with Crippen molar-refractivity contribution in [1.82, 2.24) is 4.98 Å². The highest BCUT2D eigenvalue weighted by Crippen LogP contribution is 2.17. The van der Waals surface area contributed by atoms with Crippen LogP contribution in [0.3, 0.4) is 0 Å². The van der Waals surface area contributed by atoms with Gasteiger partial charge in [0.2, 0.25) is 0 Å². The zero-order chi connectivity index (χ0) is 11.4. The molecule has 2 rings (SSSR count). The van der Waals surface area contributed by atoms with Crippen LogP contribution in [0.4, 0.5) is 9.93 Å². The Bertz CT molecular complexity index is 456. The van der Waals surface area contributed by atoms with Crippen LogP contribution >= 0.6 is 11.3 Å². The topological polar surface area (TPSA) is 42.4 Å². The number of para-hydroxylation sites is 1. The predicted molar refractivity (Wildman–Crippen MR) is 63.0 cm³/mol. The summed E-state index contributed by atoms with van der Waals surface area (Å²) in [5.74, 6) is 0.524. The molecule has 1 aromatic heterocycles. The van der Waals surface area contributed by atoms with Gasteiger partial charge in [0, 0.05) is 18.6 Å². The number of rotatable bonds is 2. The van der Waals surface area contributed by atoms with Gasteiger partial charge in [0.15, 0.2) is 5.13 Å². The second-order valence-electron chi connectivity index (χ2n) is 3.05. The fraction of sp³-hybridized carbons (Fsp3) is 0.0909. The number of nitrogens with zero attached hydrogens (tertiary/aromatic N) is 2. The summed E-state index contributed by atoms with van der Waals surface area (Å²) in [4.78, 5) is 17.1. The molecule has 0 aliphatic heterocycles. The first-order valence-corrected chi connectivity index (χ1v) is 5.55. The summed E-state index contributed by atoms with van der Waals surface area (Å²) in [6, 6.07) is 8.95. The third-order valence-electron chi connectivity index (χ3n) is 1.93. The normalized spacial score (nSPS) is 9.81. The van der Waals surface area contributed by atoms with Gasteiger partial charge in [0.1, 0.15) is 5.75 Å². The minimum Gasteiger partial charge on any atom is -0.410 e. The van der Waals surface area contributed by atoms with Crippen LogP contribution in [0.2, 0.25) is 0 Å². The molecule has 0 spiro atoms. The molecule has 0 bridgehead atoms. The summed E-state index contributed by atoms with van der Waals surface area (Å²) < 4.78 is 5.15. The van der Waals surface area contributed by atoms with Crippen LogP contribution in [0.25, 0.3) is 0 Å². The summed E-state index contributed by atoms with van der Waals surface area (Å²) in [6.07, 6.45) is 1.20. The van der Waals surface area contributed by atoms with E-state index in [0.29, 0.717) is 10.9 Å². The molecule has 0 fully saturated rings. The first-order chi connectivity index (χ1) is 7.77. The van der Waals surface area contributed by atoms with Gasteiger partial charge < -0.3 is 4.74 Å². The highest BCUT2D eigenvalue weighted by molar-refractivity contribution is 7.13. The summed E-state index contributed by atoms with van der Waals surface area (Å²) in [5.41, 5.74) is 0. The third kappa shape index (κ3) is 2.38. The van der Waals surface area contributed by atoms with Crippen molar-refractivity contribution in [2.24, 2.45) is 0 Å². The Kier molecular flexibility index (Phi) is 3.16. The molecule has 1 heterocycles. The van der Waals surface area contributed by atoms with E-state index in [9.17, 15) is 4.79 Å². The average molecular weight is 234 g/mol. The SMILES string of the molecule is CN(C(=O)Oc1ccccc1)c1nccs1. The van der Waals surface area contributed by atoms with Crippen LogP contribution in [0.1, 0.15) is 0 Å². The Morgan fingerprint density at radius 3 is 2.75 bits per heavy atom. The van der Waals surface area contributed by atoms with E-state index < -0.39 is 6.09 Å². The van der Waals surface area contributed by atoms with E-state index in [1.54, 1.807) is 25.4 Å². The average Bonchev–Trinajstić information content (AvgIpc) is 2.83. The fourth-order valence-corrected chi connectivity index (χ4v) is 1.72. The van der Waals surface area contributed by atoms with Gasteiger partial charge in [-0.15, -0.1) is 11.3 Å². The number of thiazole rings is 1. The molecular weight excluding hydrogens is 224 g/mol. The number of amides is 1. The van der Waals surface area contributed by atoms with Gasteiger partial charge in [0.05, 0.1) is 0 Å². The standard InChI is InChI=1S/C11H10N2O2S/c1-13(10-12-7-8-16-10)11(14)15-9-5-3-2-4-6-9/h2-8H,1H3. The molecule has 4 nitrogen and oxygen atoms in total. The second-order valence-corrected chi connectivity index (χ2v) is 3.93. The smallest absolute Gasteiger partial charge is 0.410 e. The van der Waals surface area contributed by atoms with Crippen LogP contribution in [0, 0.1) is 0 Å². The number of anilines is 1. The molecular formula is C11H10N2O2S. The van der Waals surface area contributed by atoms with E-state index in [1.165, 1.54) is 16.2 Å². The minimum absolute atomic E-state index is 0.443. The lowest BCUT2D eigenvalue weighted by molar-refractivity contribution is 0.209. The van der Waals surface area contributed by atoms with Gasteiger partial charge in [-0.05, 0) is 12.1 Å². The maximum absolute atomic E-state index is 11.7. The number of aromatic nitrogens is 1. The summed E-state index contributed by atoms with van der Waals surface area (Å²) in [6.45, 7) is 0. The Balaban J connectivity index is 2.04. The van der Waals surface area contributed by atoms with Crippen molar-refractivity contribution in [3.63, 3.8) is 0 Å². The molecule has 0 saturated carbocycles. The van der Waals surface area contributed by atoms with Gasteiger partial charge in [-0.1, -0.05) is 18.2 Å². The first kappa shape index (κ1) is 10.6. The van der Waals surface area contributed by atoms with Gasteiger partial charge in [0.25, 0.3) is 0 Å². The quantitative estimate of drug-likeness (QED) is 0.802. The molecule has 2 aromatic rings. The summed E-state index contributed by atoms with van der Waals surface area (Å²) in [5, 5.41) is 2.42. The lowest BCUT2D eigenvalue weighted by atomic mass is 10.3. The van der Waals surface area contributed by atoms with Crippen LogP contribution in [0.5, 0.6) is 5.75 Å². The highest BCUT2D eigenvalue weighted by Gasteiger charge is 2.14. The summed E-state index contributed by atoms with van der Waals surface area (Å²) in [7, 11) is 1.63. The van der Waals surface area contributed by atoms with Gasteiger partial charge in [-0.25, -0.2) is 9.78 Å². The van der Waals surface area contributed by atoms with Crippen molar-refractivity contribution >= 4 is 22.6 Å². The molecule has 1 amide bonds. The maximum Gasteiger partial charge on any atom is 0.421 e. The molecule has 0 aliphatic carbocycles. The molecule has 0 unspecified atom stereocenters. The number of benzene rings is 1. The second kappa shape index (κ2) is 4.76. The van der Waals surface area contributed by atoms with Crippen LogP contribution < -0.4 is 9.64 Å². The van der Waals surface area contributed by atoms with Crippen molar-refractivity contribution in [2.45, 2.75) is 0 Å². The van der Waals surface area contributed by atoms with Crippen molar-refractivity contribution in [2.75, 3.05) is 11.9 Å². The molecule has 0 atom stereocenters. The molecule has 0 N–H and O–H groups in total. The Morgan fingerprint density at radius 1 is 1.38 bits per heavy atom. The lowest BCUT2D eigenvalue weighted by Crippen LogP contribution is -2.29. The zero-order valence-electron chi connectivity index (χ0n) is 8.66. The van der Waals surface area contributed by atoms with Crippen molar-refractivity contribution in [3.8, 4) is 5.75 Å². The number of hydrogen-bond donors (Lipinski definition) is 0. The molecule has 16 heavy (non-hydrogen) atoms. The molecule has 0 saturated heterocycles. The molecule has 0 aliphatic rings. The molecule has 1 aromatic carbocycles. The van der Waals surface area contributed by atoms with Crippen LogP contribution in [-0.4, -0.2) is 18.1 Å². The van der Waals surface area contributed by atoms with E-state index in [4.69, 9.17) is 4.74 Å². The third-order valence-corrected chi connectivity index (χ3v) is 2.78. The van der Waals surface area contributed by atoms with Gasteiger partial charge in [-0.2, -0.15) is 0 Å². The molecule has 0 radical (unpaired) electrons. The lowest BCUT2D eigenvalue weighted by Gasteiger charge is -2.13. The number of hydrogen-bond acceptors (Lipinski definition) is 4. The fourth-order valence-electron chi connectivity index (χ4n) is 1.12. The van der Waals surface area contributed by atoms with E-state index in [2.05, 4.69) is 4.98 Å². The van der Waals surface area contributed by atoms with Crippen molar-refractivity contribution < 1.29 is 9.53 Å². The largest absolute Gasteiger partial charge is 0.421 e. The number of carbonyl (C=O) groups excluding carboxylic acids is 1. The summed E-state index contributed by atoms with van der Waals surface area (Å²) >= 11 is 1.38. The molecule has 5 heteroatoms. The van der Waals surface area contributed by atoms with Crippen molar-refractivity contribution in [1.29, 1.82) is 0 Å². The number of carbonyl (C=O) groups is 1. The predicted octanol–water partition coefficient (Wildman–Crippen LogP) is 2.78. The highest BCUT2D eigenvalue weighted by atomic mass is 32.1. The Morgan fingerprint density at radius 2 is 2.12 bits per heavy atom. The number of ether oxygens (including phenoxy) is 1. The van der Waals surface area contributed by atoms with E-state index >= 15 is 0 Å². The first-order valence-electron chi connectivity index (χ1n) is 4.67. The van der Waals surface area contributed by atoms with E-state index in [0.717, 1.165) is 0 Å². The van der Waals surface area contributed by atoms with Gasteiger partial charge >= 0.3 is 6.09 Å². The Labute approximate surface area is 97.1 Å². The zero-order valence-corrected chi connectivity index (χ0v) is 9.48. The molecule has 82 valence electrons. The van der Waals surface area contributed by atoms with E-state index in [1.807, 2.05) is 23.6 Å². The maximum atomic E-state index is 11.7. The van der Waals surface area contributed by atoms with E-state index in [-0.39, 0.29) is 0 Å². The van der Waals surface area contributed by atoms with Crippen molar-refractivity contribution in [3.05, 3.63) is 41.9 Å². The van der Waals surface area contributed by atoms with Crippen LogP contribution in [-0.2, 0) is 0 Å². The minimum atomic E-state index is -0.443. The Hall–Kier alpha value is -1.88. The monoisotopic (exact) mass is 234 g/mol.